The van der Waals surface area contributed by atoms with Crippen molar-refractivity contribution in [2.45, 2.75) is 18.8 Å². The number of methoxy groups -OCH3 is 1. The molecule has 0 aliphatic carbocycles. The lowest BCUT2D eigenvalue weighted by Gasteiger charge is -2.21. The van der Waals surface area contributed by atoms with E-state index in [1.54, 1.807) is 0 Å². The van der Waals surface area contributed by atoms with Gasteiger partial charge < -0.3 is 0 Å². The fourth-order valence-electron chi connectivity index (χ4n) is 0.411. The molecule has 10 heteroatoms. The van der Waals surface area contributed by atoms with Crippen LogP contribution in [0.4, 0.5) is 30.7 Å². The first-order chi connectivity index (χ1) is 6.47. The Bertz CT molecular complexity index is 201. The molecular formula is C5H5F7O3. The molecule has 0 fully saturated rings. The smallest absolute Gasteiger partial charge is 0.299 e. The number of alkyl halides is 7. The van der Waals surface area contributed by atoms with E-state index in [0.29, 0.717) is 7.11 Å². The highest BCUT2D eigenvalue weighted by molar-refractivity contribution is 4.52. The molecule has 0 aliphatic rings. The lowest BCUT2D eigenvalue weighted by Crippen LogP contribution is -2.39. The minimum absolute atomic E-state index is 0.334. The van der Waals surface area contributed by atoms with E-state index in [9.17, 15) is 30.7 Å². The molecule has 0 bridgehead atoms. The van der Waals surface area contributed by atoms with Crippen molar-refractivity contribution in [1.29, 1.82) is 0 Å². The second-order valence-corrected chi connectivity index (χ2v) is 2.14. The molecule has 0 unspecified atom stereocenters. The molecule has 3 nitrogen and oxygen atoms in total. The van der Waals surface area contributed by atoms with Crippen LogP contribution in [0.2, 0.25) is 0 Å². The largest absolute Gasteiger partial charge is 0.522 e. The van der Waals surface area contributed by atoms with Crippen LogP contribution in [0.3, 0.4) is 0 Å². The molecular weight excluding hydrogens is 241 g/mol. The van der Waals surface area contributed by atoms with Crippen LogP contribution in [0.15, 0.2) is 0 Å². The fraction of sp³-hybridized carbons (Fsp3) is 1.00. The molecule has 15 heavy (non-hydrogen) atoms. The van der Waals surface area contributed by atoms with Crippen LogP contribution in [0, 0.1) is 0 Å². The fourth-order valence-corrected chi connectivity index (χ4v) is 0.411. The molecule has 0 spiro atoms. The second-order valence-electron chi connectivity index (χ2n) is 2.14. The molecule has 0 aliphatic heterocycles. The van der Waals surface area contributed by atoms with Gasteiger partial charge in [0.25, 0.3) is 0 Å². The van der Waals surface area contributed by atoms with Gasteiger partial charge in [0.1, 0.15) is 6.61 Å². The van der Waals surface area contributed by atoms with Crippen LogP contribution in [0.5, 0.6) is 0 Å². The van der Waals surface area contributed by atoms with Gasteiger partial charge in [0.15, 0.2) is 0 Å². The standard InChI is InChI=1S/C5H5F7O3/c1-13-5(11,12)15-3(6,7)2-14-4(8,9)10/h2H2,1H3. The van der Waals surface area contributed by atoms with Gasteiger partial charge in [-0.05, 0) is 0 Å². The molecule has 0 amide bonds. The lowest BCUT2D eigenvalue weighted by molar-refractivity contribution is -0.476. The van der Waals surface area contributed by atoms with Gasteiger partial charge in [-0.15, -0.1) is 22.0 Å². The Hall–Kier alpha value is -0.610. The van der Waals surface area contributed by atoms with E-state index in [2.05, 4.69) is 14.2 Å². The number of rotatable bonds is 5. The SMILES string of the molecule is COC(F)(F)OC(F)(F)COC(F)(F)F. The first kappa shape index (κ1) is 14.4. The predicted molar refractivity (Wildman–Crippen MR) is 30.0 cm³/mol. The molecule has 92 valence electrons. The zero-order valence-corrected chi connectivity index (χ0v) is 7.08. The van der Waals surface area contributed by atoms with Crippen molar-refractivity contribution in [2.24, 2.45) is 0 Å². The van der Waals surface area contributed by atoms with E-state index in [1.807, 2.05) is 0 Å². The Labute approximate surface area is 78.7 Å². The molecule has 0 aromatic heterocycles. The third-order valence-electron chi connectivity index (χ3n) is 0.910. The van der Waals surface area contributed by atoms with Crippen molar-refractivity contribution in [3.63, 3.8) is 0 Å². The van der Waals surface area contributed by atoms with Crippen molar-refractivity contribution in [3.8, 4) is 0 Å². The third kappa shape index (κ3) is 7.33. The molecule has 0 heterocycles. The topological polar surface area (TPSA) is 27.7 Å². The Morgan fingerprint density at radius 1 is 0.933 bits per heavy atom. The quantitative estimate of drug-likeness (QED) is 0.550. The van der Waals surface area contributed by atoms with E-state index in [0.717, 1.165) is 0 Å². The van der Waals surface area contributed by atoms with Gasteiger partial charge in [-0.3, -0.25) is 9.47 Å². The van der Waals surface area contributed by atoms with Crippen molar-refractivity contribution in [1.82, 2.24) is 0 Å². The third-order valence-corrected chi connectivity index (χ3v) is 0.910. The van der Waals surface area contributed by atoms with Gasteiger partial charge in [0, 0.05) is 7.11 Å². The van der Waals surface area contributed by atoms with Crippen molar-refractivity contribution >= 4 is 0 Å². The summed E-state index contributed by atoms with van der Waals surface area (Å²) in [5.74, 6) is 0. The number of halogens is 7. The number of hydrogen-bond acceptors (Lipinski definition) is 3. The molecule has 0 rings (SSSR count). The summed E-state index contributed by atoms with van der Waals surface area (Å²) in [7, 11) is 0.334. The van der Waals surface area contributed by atoms with Gasteiger partial charge in [-0.2, -0.15) is 8.78 Å². The summed E-state index contributed by atoms with van der Waals surface area (Å²) in [4.78, 5) is 0. The van der Waals surface area contributed by atoms with E-state index in [4.69, 9.17) is 0 Å². The average molecular weight is 246 g/mol. The molecule has 0 atom stereocenters. The Balaban J connectivity index is 4.19. The second kappa shape index (κ2) is 4.49. The summed E-state index contributed by atoms with van der Waals surface area (Å²) in [6, 6.07) is 0. The Kier molecular flexibility index (Phi) is 4.31. The minimum Gasteiger partial charge on any atom is -0.299 e. The maximum atomic E-state index is 12.2. The molecule has 0 N–H and O–H groups in total. The summed E-state index contributed by atoms with van der Waals surface area (Å²) in [5, 5.41) is 0. The normalized spacial score (nSPS) is 14.4. The highest BCUT2D eigenvalue weighted by Crippen LogP contribution is 2.29. The molecule has 0 saturated carbocycles. The van der Waals surface area contributed by atoms with Gasteiger partial charge >= 0.3 is 18.8 Å². The van der Waals surface area contributed by atoms with Crippen molar-refractivity contribution in [3.05, 3.63) is 0 Å². The van der Waals surface area contributed by atoms with Crippen molar-refractivity contribution in [2.75, 3.05) is 13.7 Å². The maximum Gasteiger partial charge on any atom is 0.522 e. The van der Waals surface area contributed by atoms with Gasteiger partial charge in [0.05, 0.1) is 0 Å². The van der Waals surface area contributed by atoms with E-state index < -0.39 is 25.4 Å². The van der Waals surface area contributed by atoms with E-state index in [1.165, 1.54) is 0 Å². The zero-order valence-electron chi connectivity index (χ0n) is 7.08. The number of ether oxygens (including phenoxy) is 3. The van der Waals surface area contributed by atoms with Gasteiger partial charge in [-0.25, -0.2) is 4.74 Å². The predicted octanol–water partition coefficient (Wildman–Crippen LogP) is 2.33. The molecule has 0 aromatic rings. The average Bonchev–Trinajstić information content (AvgIpc) is 1.98. The maximum absolute atomic E-state index is 12.2. The summed E-state index contributed by atoms with van der Waals surface area (Å²) in [6.07, 6.45) is -14.9. The summed E-state index contributed by atoms with van der Waals surface area (Å²) >= 11 is 0. The molecule has 0 aromatic carbocycles. The summed E-state index contributed by atoms with van der Waals surface area (Å²) in [6.45, 7) is -2.39. The van der Waals surface area contributed by atoms with Crippen LogP contribution < -0.4 is 0 Å². The van der Waals surface area contributed by atoms with Gasteiger partial charge in [-0.1, -0.05) is 0 Å². The first-order valence-corrected chi connectivity index (χ1v) is 3.19. The monoisotopic (exact) mass is 246 g/mol. The first-order valence-electron chi connectivity index (χ1n) is 3.19. The van der Waals surface area contributed by atoms with Crippen LogP contribution in [0.1, 0.15) is 0 Å². The van der Waals surface area contributed by atoms with Crippen LogP contribution in [0.25, 0.3) is 0 Å². The van der Waals surface area contributed by atoms with Crippen LogP contribution in [-0.2, 0) is 14.2 Å². The molecule has 0 saturated heterocycles. The minimum atomic E-state index is -5.37. The number of hydrogen-bond donors (Lipinski definition) is 0. The zero-order chi connectivity index (χ0) is 12.3. The van der Waals surface area contributed by atoms with E-state index >= 15 is 0 Å². The Morgan fingerprint density at radius 3 is 1.73 bits per heavy atom. The van der Waals surface area contributed by atoms with Gasteiger partial charge in [0.2, 0.25) is 0 Å². The summed E-state index contributed by atoms with van der Waals surface area (Å²) in [5.41, 5.74) is 0. The summed E-state index contributed by atoms with van der Waals surface area (Å²) < 4.78 is 90.7. The molecule has 0 radical (unpaired) electrons. The highest BCUT2D eigenvalue weighted by atomic mass is 19.4. The van der Waals surface area contributed by atoms with Crippen molar-refractivity contribution < 1.29 is 44.9 Å². The Morgan fingerprint density at radius 2 is 1.40 bits per heavy atom. The lowest BCUT2D eigenvalue weighted by atomic mass is 10.7. The van der Waals surface area contributed by atoms with Crippen LogP contribution >= 0.6 is 0 Å². The van der Waals surface area contributed by atoms with E-state index in [-0.39, 0.29) is 0 Å². The van der Waals surface area contributed by atoms with Crippen LogP contribution in [-0.4, -0.2) is 32.5 Å². The highest BCUT2D eigenvalue weighted by Gasteiger charge is 2.47.